The van der Waals surface area contributed by atoms with Crippen molar-refractivity contribution in [3.05, 3.63) is 51.6 Å². The van der Waals surface area contributed by atoms with Gasteiger partial charge in [-0.3, -0.25) is 15.0 Å². The summed E-state index contributed by atoms with van der Waals surface area (Å²) in [6.07, 6.45) is 3.22. The molecule has 21 heavy (non-hydrogen) atoms. The van der Waals surface area contributed by atoms with E-state index in [4.69, 9.17) is 0 Å². The Kier molecular flexibility index (Phi) is 3.50. The number of hydrazine groups is 1. The number of H-pyrrole nitrogens is 1. The summed E-state index contributed by atoms with van der Waals surface area (Å²) < 4.78 is 1.05. The number of imidazole rings is 1. The number of allylic oxidation sites excluding steroid dienone is 1. The van der Waals surface area contributed by atoms with Crippen LogP contribution in [-0.4, -0.2) is 21.8 Å². The van der Waals surface area contributed by atoms with E-state index in [-0.39, 0.29) is 11.5 Å². The summed E-state index contributed by atoms with van der Waals surface area (Å²) in [5.41, 5.74) is 3.82. The third-order valence-electron chi connectivity index (χ3n) is 3.17. The molecule has 2 heterocycles. The topological polar surface area (TPSA) is 78.1 Å². The molecular weight excluding hydrogens is 383 g/mol. The van der Waals surface area contributed by atoms with Gasteiger partial charge in [0, 0.05) is 21.5 Å². The first-order valence-electron chi connectivity index (χ1n) is 6.19. The Morgan fingerprint density at radius 2 is 1.95 bits per heavy atom. The smallest absolute Gasteiger partial charge is 0.283 e. The summed E-state index contributed by atoms with van der Waals surface area (Å²) in [6, 6.07) is 7.31. The number of amides is 2. The van der Waals surface area contributed by atoms with E-state index in [9.17, 15) is 9.59 Å². The summed E-state index contributed by atoms with van der Waals surface area (Å²) >= 11 is 2.18. The van der Waals surface area contributed by atoms with Crippen molar-refractivity contribution in [3.8, 4) is 0 Å². The van der Waals surface area contributed by atoms with E-state index in [1.54, 1.807) is 31.5 Å². The van der Waals surface area contributed by atoms with Crippen molar-refractivity contribution in [1.82, 2.24) is 15.4 Å². The molecule has 6 nitrogen and oxygen atoms in total. The molecule has 7 heteroatoms. The number of rotatable bonds is 2. The second kappa shape index (κ2) is 5.32. The highest BCUT2D eigenvalue weighted by molar-refractivity contribution is 14.1. The van der Waals surface area contributed by atoms with Crippen LogP contribution in [0.3, 0.4) is 0 Å². The van der Waals surface area contributed by atoms with Crippen LogP contribution in [0.1, 0.15) is 12.7 Å². The van der Waals surface area contributed by atoms with Crippen LogP contribution in [0.5, 0.6) is 0 Å². The Morgan fingerprint density at radius 3 is 2.57 bits per heavy atom. The molecular formula is C14H11IN4O2. The Labute approximate surface area is 134 Å². The monoisotopic (exact) mass is 394 g/mol. The van der Waals surface area contributed by atoms with E-state index >= 15 is 0 Å². The molecule has 0 spiro atoms. The van der Waals surface area contributed by atoms with Crippen LogP contribution in [0, 0.1) is 3.57 Å². The van der Waals surface area contributed by atoms with E-state index in [0.717, 1.165) is 3.57 Å². The minimum atomic E-state index is -0.424. The molecule has 1 fully saturated rings. The lowest BCUT2D eigenvalue weighted by atomic mass is 10.1. The van der Waals surface area contributed by atoms with Gasteiger partial charge < -0.3 is 4.98 Å². The molecule has 1 aromatic heterocycles. The van der Waals surface area contributed by atoms with Crippen molar-refractivity contribution >= 4 is 45.7 Å². The quantitative estimate of drug-likeness (QED) is 0.464. The number of aromatic nitrogens is 2. The maximum atomic E-state index is 12.5. The van der Waals surface area contributed by atoms with Gasteiger partial charge in [0.1, 0.15) is 11.4 Å². The van der Waals surface area contributed by atoms with Gasteiger partial charge in [-0.1, -0.05) is 0 Å². The maximum Gasteiger partial charge on any atom is 0.283 e. The number of hydrogen-bond donors (Lipinski definition) is 2. The summed E-state index contributed by atoms with van der Waals surface area (Å²) in [5, 5.41) is 1.25. The van der Waals surface area contributed by atoms with Crippen LogP contribution in [0.2, 0.25) is 0 Å². The van der Waals surface area contributed by atoms with E-state index in [1.807, 2.05) is 12.1 Å². The molecule has 0 atom stereocenters. The Balaban J connectivity index is 2.00. The number of nitrogens with zero attached hydrogens (tertiary/aromatic N) is 2. The molecule has 3 rings (SSSR count). The number of carbonyl (C=O) groups excluding carboxylic acids is 2. The maximum absolute atomic E-state index is 12.5. The molecule has 1 aliphatic heterocycles. The van der Waals surface area contributed by atoms with Crippen LogP contribution in [0.25, 0.3) is 5.57 Å². The molecule has 1 saturated heterocycles. The first-order chi connectivity index (χ1) is 10.1. The van der Waals surface area contributed by atoms with E-state index in [2.05, 4.69) is 38.0 Å². The Hall–Kier alpha value is -2.16. The lowest BCUT2D eigenvalue weighted by molar-refractivity contribution is -0.117. The zero-order chi connectivity index (χ0) is 15.0. The number of hydrogen-bond acceptors (Lipinski definition) is 3. The number of benzene rings is 1. The molecule has 0 unspecified atom stereocenters. The minimum Gasteiger partial charge on any atom is -0.345 e. The van der Waals surface area contributed by atoms with Crippen LogP contribution >= 0.6 is 22.6 Å². The molecule has 1 aromatic carbocycles. The highest BCUT2D eigenvalue weighted by atomic mass is 127. The molecule has 1 aliphatic rings. The van der Waals surface area contributed by atoms with Crippen molar-refractivity contribution in [2.75, 3.05) is 5.01 Å². The molecule has 0 radical (unpaired) electrons. The number of aromatic amines is 1. The number of halogens is 1. The third kappa shape index (κ3) is 2.44. The lowest BCUT2D eigenvalue weighted by Crippen LogP contribution is -2.35. The van der Waals surface area contributed by atoms with Crippen molar-refractivity contribution < 1.29 is 9.59 Å². The molecule has 0 saturated carbocycles. The van der Waals surface area contributed by atoms with Crippen LogP contribution in [0.4, 0.5) is 5.69 Å². The fourth-order valence-corrected chi connectivity index (χ4v) is 2.47. The van der Waals surface area contributed by atoms with Gasteiger partial charge in [-0.2, -0.15) is 0 Å². The SMILES string of the molecule is CC(=C1C(=O)NN(c2ccc(I)cc2)C1=O)c1ncc[nH]1. The normalized spacial score (nSPS) is 17.1. The highest BCUT2D eigenvalue weighted by Crippen LogP contribution is 2.25. The predicted molar refractivity (Wildman–Crippen MR) is 86.0 cm³/mol. The predicted octanol–water partition coefficient (Wildman–Crippen LogP) is 1.87. The standard InChI is InChI=1S/C14H11IN4O2/c1-8(12-16-6-7-17-12)11-13(20)18-19(14(11)21)10-4-2-9(15)3-5-10/h2-7H,1H3,(H,16,17)(H,18,20). The van der Waals surface area contributed by atoms with Gasteiger partial charge in [0.25, 0.3) is 11.8 Å². The zero-order valence-electron chi connectivity index (χ0n) is 11.1. The number of carbonyl (C=O) groups is 2. The Bertz CT molecular complexity index is 735. The Morgan fingerprint density at radius 1 is 1.24 bits per heavy atom. The van der Waals surface area contributed by atoms with E-state index in [0.29, 0.717) is 17.1 Å². The molecule has 106 valence electrons. The van der Waals surface area contributed by atoms with Gasteiger partial charge in [-0.15, -0.1) is 0 Å². The number of anilines is 1. The van der Waals surface area contributed by atoms with Crippen molar-refractivity contribution in [2.24, 2.45) is 0 Å². The summed E-state index contributed by atoms with van der Waals surface area (Å²) in [6.45, 7) is 1.70. The molecule has 2 aromatic rings. The van der Waals surface area contributed by atoms with Gasteiger partial charge in [-0.25, -0.2) is 9.99 Å². The van der Waals surface area contributed by atoms with Crippen molar-refractivity contribution in [1.29, 1.82) is 0 Å². The van der Waals surface area contributed by atoms with Gasteiger partial charge in [0.15, 0.2) is 0 Å². The van der Waals surface area contributed by atoms with Crippen molar-refractivity contribution in [2.45, 2.75) is 6.92 Å². The fraction of sp³-hybridized carbons (Fsp3) is 0.0714. The summed E-state index contributed by atoms with van der Waals surface area (Å²) in [4.78, 5) is 31.5. The number of nitrogens with one attached hydrogen (secondary N) is 2. The van der Waals surface area contributed by atoms with E-state index < -0.39 is 5.91 Å². The molecule has 2 N–H and O–H groups in total. The molecule has 2 amide bonds. The third-order valence-corrected chi connectivity index (χ3v) is 3.89. The summed E-state index contributed by atoms with van der Waals surface area (Å²) in [5.74, 6) is -0.291. The van der Waals surface area contributed by atoms with Gasteiger partial charge in [-0.05, 0) is 53.8 Å². The van der Waals surface area contributed by atoms with Crippen LogP contribution < -0.4 is 10.4 Å². The molecule has 0 aliphatic carbocycles. The highest BCUT2D eigenvalue weighted by Gasteiger charge is 2.36. The summed E-state index contributed by atoms with van der Waals surface area (Å²) in [7, 11) is 0. The van der Waals surface area contributed by atoms with Crippen LogP contribution in [0.15, 0.2) is 42.2 Å². The van der Waals surface area contributed by atoms with Gasteiger partial charge in [0.05, 0.1) is 5.69 Å². The first-order valence-corrected chi connectivity index (χ1v) is 7.27. The lowest BCUT2D eigenvalue weighted by Gasteiger charge is -2.14. The second-order valence-corrected chi connectivity index (χ2v) is 5.74. The van der Waals surface area contributed by atoms with Crippen LogP contribution in [-0.2, 0) is 9.59 Å². The second-order valence-electron chi connectivity index (χ2n) is 4.50. The fourth-order valence-electron chi connectivity index (χ4n) is 2.11. The minimum absolute atomic E-state index is 0.100. The first kappa shape index (κ1) is 13.8. The van der Waals surface area contributed by atoms with Gasteiger partial charge in [0.2, 0.25) is 0 Å². The average molecular weight is 394 g/mol. The van der Waals surface area contributed by atoms with Gasteiger partial charge >= 0.3 is 0 Å². The van der Waals surface area contributed by atoms with E-state index in [1.165, 1.54) is 5.01 Å². The molecule has 0 bridgehead atoms. The average Bonchev–Trinajstić information content (AvgIpc) is 3.08. The zero-order valence-corrected chi connectivity index (χ0v) is 13.2. The largest absolute Gasteiger partial charge is 0.345 e. The van der Waals surface area contributed by atoms with Crippen molar-refractivity contribution in [3.63, 3.8) is 0 Å².